The lowest BCUT2D eigenvalue weighted by Gasteiger charge is -2.03. The van der Waals surface area contributed by atoms with Gasteiger partial charge < -0.3 is 4.74 Å². The molecule has 1 atom stereocenters. The molecule has 0 amide bonds. The highest BCUT2D eigenvalue weighted by Gasteiger charge is 2.00. The second kappa shape index (κ2) is 21.4. The van der Waals surface area contributed by atoms with Crippen LogP contribution in [-0.4, -0.2) is 23.9 Å². The molecule has 0 saturated heterocycles. The lowest BCUT2D eigenvalue weighted by atomic mass is 10.1. The molecule has 0 rings (SSSR count). The molecule has 4 nitrogen and oxygen atoms in total. The van der Waals surface area contributed by atoms with E-state index in [0.717, 1.165) is 44.9 Å². The van der Waals surface area contributed by atoms with Crippen LogP contribution >= 0.6 is 0 Å². The van der Waals surface area contributed by atoms with Crippen molar-refractivity contribution in [2.24, 2.45) is 0 Å². The predicted octanol–water partition coefficient (Wildman–Crippen LogP) is 6.72. The summed E-state index contributed by atoms with van der Waals surface area (Å²) < 4.78 is 4.90. The second-order valence-corrected chi connectivity index (χ2v) is 6.39. The van der Waals surface area contributed by atoms with Crippen LogP contribution < -0.4 is 0 Å². The number of carbonyl (C=O) groups is 1. The van der Waals surface area contributed by atoms with Gasteiger partial charge in [-0.25, -0.2) is 4.89 Å². The van der Waals surface area contributed by atoms with Gasteiger partial charge in [-0.3, -0.25) is 10.1 Å². The number of hydrogen-bond donors (Lipinski definition) is 1. The number of unbranched alkanes of at least 4 members (excludes halogenated alkanes) is 3. The first-order chi connectivity index (χ1) is 13.7. The van der Waals surface area contributed by atoms with Crippen LogP contribution in [0.1, 0.15) is 71.6 Å². The summed E-state index contributed by atoms with van der Waals surface area (Å²) in [4.78, 5) is 15.6. The molecule has 0 radical (unpaired) electrons. The minimum absolute atomic E-state index is 0.0848. The van der Waals surface area contributed by atoms with Gasteiger partial charge >= 0.3 is 5.97 Å². The zero-order chi connectivity index (χ0) is 20.7. The van der Waals surface area contributed by atoms with E-state index in [2.05, 4.69) is 48.3 Å². The number of rotatable bonds is 17. The Balaban J connectivity index is 3.66. The summed E-state index contributed by atoms with van der Waals surface area (Å²) >= 11 is 0. The third-order valence-corrected chi connectivity index (χ3v) is 3.91. The monoisotopic (exact) mass is 390 g/mol. The summed E-state index contributed by atoms with van der Waals surface area (Å²) in [6.45, 7) is 4.38. The SMILES string of the molecule is CC/C=C\CC(/C=C/C=C\C/C=C\C/C=C\CCCCCC(=O)OCC)OO. The molecule has 0 aromatic heterocycles. The Morgan fingerprint density at radius 3 is 2.36 bits per heavy atom. The molecule has 158 valence electrons. The molecule has 0 spiro atoms. The zero-order valence-electron chi connectivity index (χ0n) is 17.6. The van der Waals surface area contributed by atoms with E-state index in [1.54, 1.807) is 0 Å². The molecule has 0 saturated carbocycles. The van der Waals surface area contributed by atoms with Crippen LogP contribution in [0.15, 0.2) is 60.8 Å². The van der Waals surface area contributed by atoms with Crippen LogP contribution in [0.25, 0.3) is 0 Å². The van der Waals surface area contributed by atoms with Crippen LogP contribution in [0.3, 0.4) is 0 Å². The standard InChI is InChI=1S/C24H38O4/c1-3-5-17-20-23(28-26)21-18-15-13-11-9-7-6-8-10-12-14-16-19-22-24(25)27-4-2/h5,7-10,13,15,17-18,21,23,26H,3-4,6,11-12,14,16,19-20,22H2,1-2H3/b9-7-,10-8-,15-13-,17-5-,21-18+. The van der Waals surface area contributed by atoms with E-state index in [4.69, 9.17) is 9.99 Å². The highest BCUT2D eigenvalue weighted by atomic mass is 17.1. The maximum absolute atomic E-state index is 11.2. The number of ether oxygens (including phenoxy) is 1. The Morgan fingerprint density at radius 1 is 0.893 bits per heavy atom. The first-order valence-corrected chi connectivity index (χ1v) is 10.5. The molecule has 0 aliphatic heterocycles. The fourth-order valence-electron chi connectivity index (χ4n) is 2.40. The zero-order valence-corrected chi connectivity index (χ0v) is 17.6. The third kappa shape index (κ3) is 18.9. The minimum atomic E-state index is -0.293. The van der Waals surface area contributed by atoms with Gasteiger partial charge in [-0.05, 0) is 51.9 Å². The Morgan fingerprint density at radius 2 is 1.64 bits per heavy atom. The summed E-state index contributed by atoms with van der Waals surface area (Å²) in [6, 6.07) is 0. The third-order valence-electron chi connectivity index (χ3n) is 3.91. The molecule has 0 aliphatic carbocycles. The molecule has 28 heavy (non-hydrogen) atoms. The summed E-state index contributed by atoms with van der Waals surface area (Å²) in [5.74, 6) is -0.0848. The lowest BCUT2D eigenvalue weighted by Crippen LogP contribution is -2.04. The minimum Gasteiger partial charge on any atom is -0.466 e. The predicted molar refractivity (Wildman–Crippen MR) is 117 cm³/mol. The molecule has 0 aliphatic rings. The van der Waals surface area contributed by atoms with Crippen molar-refractivity contribution in [3.63, 3.8) is 0 Å². The molecule has 4 heteroatoms. The Kier molecular flexibility index (Phi) is 19.9. The van der Waals surface area contributed by atoms with Crippen molar-refractivity contribution < 1.29 is 19.7 Å². The van der Waals surface area contributed by atoms with Crippen molar-refractivity contribution in [3.05, 3.63) is 60.8 Å². The van der Waals surface area contributed by atoms with E-state index < -0.39 is 0 Å². The largest absolute Gasteiger partial charge is 0.466 e. The smallest absolute Gasteiger partial charge is 0.305 e. The fraction of sp³-hybridized carbons (Fsp3) is 0.542. The summed E-state index contributed by atoms with van der Waals surface area (Å²) in [5, 5.41) is 8.83. The highest BCUT2D eigenvalue weighted by molar-refractivity contribution is 5.69. The van der Waals surface area contributed by atoms with Gasteiger partial charge in [-0.2, -0.15) is 0 Å². The Labute approximate surface area is 171 Å². The van der Waals surface area contributed by atoms with Crippen molar-refractivity contribution in [2.75, 3.05) is 6.61 Å². The maximum atomic E-state index is 11.2. The molecular weight excluding hydrogens is 352 g/mol. The van der Waals surface area contributed by atoms with Crippen molar-refractivity contribution in [1.82, 2.24) is 0 Å². The van der Waals surface area contributed by atoms with Crippen molar-refractivity contribution in [1.29, 1.82) is 0 Å². The fourth-order valence-corrected chi connectivity index (χ4v) is 2.40. The van der Waals surface area contributed by atoms with Crippen molar-refractivity contribution >= 4 is 5.97 Å². The van der Waals surface area contributed by atoms with E-state index >= 15 is 0 Å². The van der Waals surface area contributed by atoms with Gasteiger partial charge in [0.1, 0.15) is 6.10 Å². The molecular formula is C24H38O4. The molecule has 0 heterocycles. The number of allylic oxidation sites excluding steroid dienone is 8. The van der Waals surface area contributed by atoms with Gasteiger partial charge in [0.2, 0.25) is 0 Å². The summed E-state index contributed by atoms with van der Waals surface area (Å²) in [6.07, 6.45) is 28.4. The van der Waals surface area contributed by atoms with E-state index in [-0.39, 0.29) is 12.1 Å². The van der Waals surface area contributed by atoms with Gasteiger partial charge in [0.05, 0.1) is 6.61 Å². The second-order valence-electron chi connectivity index (χ2n) is 6.39. The first kappa shape index (κ1) is 26.1. The molecule has 0 aromatic rings. The molecule has 0 fully saturated rings. The van der Waals surface area contributed by atoms with E-state index in [1.165, 1.54) is 0 Å². The summed E-state index contributed by atoms with van der Waals surface area (Å²) in [5.41, 5.74) is 0. The van der Waals surface area contributed by atoms with Crippen LogP contribution in [0.5, 0.6) is 0 Å². The van der Waals surface area contributed by atoms with Crippen LogP contribution in [0.4, 0.5) is 0 Å². The Hall–Kier alpha value is -1.91. The van der Waals surface area contributed by atoms with Gasteiger partial charge in [0.25, 0.3) is 0 Å². The van der Waals surface area contributed by atoms with Crippen molar-refractivity contribution in [2.45, 2.75) is 77.7 Å². The van der Waals surface area contributed by atoms with E-state index in [0.29, 0.717) is 19.4 Å². The van der Waals surface area contributed by atoms with Crippen molar-refractivity contribution in [3.8, 4) is 0 Å². The van der Waals surface area contributed by atoms with E-state index in [1.807, 2.05) is 31.2 Å². The maximum Gasteiger partial charge on any atom is 0.305 e. The van der Waals surface area contributed by atoms with Crippen LogP contribution in [0.2, 0.25) is 0 Å². The number of esters is 1. The lowest BCUT2D eigenvalue weighted by molar-refractivity contribution is -0.264. The average Bonchev–Trinajstić information content (AvgIpc) is 2.69. The molecule has 0 aromatic carbocycles. The van der Waals surface area contributed by atoms with Gasteiger partial charge in [-0.15, -0.1) is 0 Å². The topological polar surface area (TPSA) is 55.8 Å². The van der Waals surface area contributed by atoms with Gasteiger partial charge in [0.15, 0.2) is 0 Å². The quantitative estimate of drug-likeness (QED) is 0.0748. The number of hydrogen-bond acceptors (Lipinski definition) is 4. The van der Waals surface area contributed by atoms with Gasteiger partial charge in [0, 0.05) is 6.42 Å². The molecule has 1 N–H and O–H groups in total. The highest BCUT2D eigenvalue weighted by Crippen LogP contribution is 2.05. The Bertz CT molecular complexity index is 501. The van der Waals surface area contributed by atoms with Gasteiger partial charge in [-0.1, -0.05) is 74.1 Å². The normalized spacial score (nSPS) is 13.7. The molecule has 1 unspecified atom stereocenters. The average molecular weight is 391 g/mol. The number of carbonyl (C=O) groups excluding carboxylic acids is 1. The van der Waals surface area contributed by atoms with E-state index in [9.17, 15) is 4.79 Å². The summed E-state index contributed by atoms with van der Waals surface area (Å²) in [7, 11) is 0. The van der Waals surface area contributed by atoms with Crippen LogP contribution in [-0.2, 0) is 14.4 Å². The van der Waals surface area contributed by atoms with Crippen LogP contribution in [0, 0.1) is 0 Å². The first-order valence-electron chi connectivity index (χ1n) is 10.5. The molecule has 0 bridgehead atoms.